The van der Waals surface area contributed by atoms with Gasteiger partial charge in [-0.15, -0.1) is 0 Å². The molecule has 1 aliphatic rings. The van der Waals surface area contributed by atoms with Crippen LogP contribution in [0.15, 0.2) is 48.5 Å². The van der Waals surface area contributed by atoms with Crippen molar-refractivity contribution in [1.29, 1.82) is 0 Å². The lowest BCUT2D eigenvalue weighted by molar-refractivity contribution is -0.120. The predicted octanol–water partition coefficient (Wildman–Crippen LogP) is 5.04. The first kappa shape index (κ1) is 23.6. The summed E-state index contributed by atoms with van der Waals surface area (Å²) in [4.78, 5) is 39.2. The van der Waals surface area contributed by atoms with E-state index in [-0.39, 0.29) is 28.8 Å². The molecule has 1 N–H and O–H groups in total. The second-order valence-corrected chi connectivity index (χ2v) is 8.98. The highest BCUT2D eigenvalue weighted by Crippen LogP contribution is 2.27. The molecule has 2 aromatic carbocycles. The van der Waals surface area contributed by atoms with Gasteiger partial charge in [0.1, 0.15) is 18.2 Å². The molecule has 170 valence electrons. The van der Waals surface area contributed by atoms with E-state index in [4.69, 9.17) is 21.1 Å². The Balaban J connectivity index is 1.66. The van der Waals surface area contributed by atoms with Gasteiger partial charge in [0, 0.05) is 6.54 Å². The van der Waals surface area contributed by atoms with E-state index in [1.807, 2.05) is 30.3 Å². The lowest BCUT2D eigenvalue weighted by atomic mass is 10.1. The molecule has 0 radical (unpaired) electrons. The van der Waals surface area contributed by atoms with Crippen molar-refractivity contribution in [3.8, 4) is 0 Å². The normalized spacial score (nSPS) is 15.9. The Morgan fingerprint density at radius 1 is 1.12 bits per heavy atom. The van der Waals surface area contributed by atoms with Gasteiger partial charge >= 0.3 is 12.1 Å². The number of likely N-dealkylation sites (tertiary alicyclic amines) is 1. The summed E-state index contributed by atoms with van der Waals surface area (Å²) < 4.78 is 10.8. The van der Waals surface area contributed by atoms with Crippen LogP contribution in [0.25, 0.3) is 0 Å². The summed E-state index contributed by atoms with van der Waals surface area (Å²) in [6, 6.07) is 13.2. The fraction of sp³-hybridized carbons (Fsp3) is 0.375. The minimum atomic E-state index is -0.672. The van der Waals surface area contributed by atoms with Gasteiger partial charge in [0.05, 0.1) is 16.3 Å². The third kappa shape index (κ3) is 6.23. The molecule has 1 aliphatic heterocycles. The molecule has 0 aromatic heterocycles. The first-order chi connectivity index (χ1) is 15.1. The van der Waals surface area contributed by atoms with E-state index in [9.17, 15) is 14.4 Å². The zero-order valence-corrected chi connectivity index (χ0v) is 19.1. The molecule has 0 unspecified atom stereocenters. The van der Waals surface area contributed by atoms with Crippen molar-refractivity contribution in [2.24, 2.45) is 0 Å². The Morgan fingerprint density at radius 3 is 2.53 bits per heavy atom. The maximum Gasteiger partial charge on any atom is 0.410 e. The molecule has 2 amide bonds. The smallest absolute Gasteiger partial charge is 0.410 e. The monoisotopic (exact) mass is 458 g/mol. The summed E-state index contributed by atoms with van der Waals surface area (Å²) in [7, 11) is 0. The van der Waals surface area contributed by atoms with Gasteiger partial charge in [-0.25, -0.2) is 9.59 Å². The number of anilines is 1. The summed E-state index contributed by atoms with van der Waals surface area (Å²) in [5.41, 5.74) is 0.753. The Kier molecular flexibility index (Phi) is 7.40. The lowest BCUT2D eigenvalue weighted by Crippen LogP contribution is -2.45. The molecule has 0 saturated carbocycles. The zero-order chi connectivity index (χ0) is 23.3. The van der Waals surface area contributed by atoms with Gasteiger partial charge < -0.3 is 14.8 Å². The zero-order valence-electron chi connectivity index (χ0n) is 18.4. The van der Waals surface area contributed by atoms with Crippen LogP contribution in [0, 0.1) is 0 Å². The second kappa shape index (κ2) is 10.0. The number of carbonyl (C=O) groups excluding carboxylic acids is 3. The van der Waals surface area contributed by atoms with E-state index in [1.165, 1.54) is 23.1 Å². The standard InChI is InChI=1S/C24H27ClN2O5/c1-24(2,3)32-23(30)27-13-7-10-20(27)21(28)26-19-14-17(11-12-18(19)25)22(29)31-15-16-8-5-4-6-9-16/h4-6,8-9,11-12,14,20H,7,10,13,15H2,1-3H3,(H,26,28)/t20-/m0/s1. The molecular weight excluding hydrogens is 432 g/mol. The third-order valence-corrected chi connectivity index (χ3v) is 5.19. The fourth-order valence-electron chi connectivity index (χ4n) is 3.35. The molecule has 8 heteroatoms. The number of carbonyl (C=O) groups is 3. The maximum absolute atomic E-state index is 12.9. The van der Waals surface area contributed by atoms with Gasteiger partial charge in [-0.2, -0.15) is 0 Å². The molecule has 32 heavy (non-hydrogen) atoms. The molecule has 0 spiro atoms. The number of nitrogens with one attached hydrogen (secondary N) is 1. The highest BCUT2D eigenvalue weighted by atomic mass is 35.5. The van der Waals surface area contributed by atoms with Gasteiger partial charge in [-0.05, 0) is 57.4 Å². The summed E-state index contributed by atoms with van der Waals surface area (Å²) in [6.07, 6.45) is 0.679. The van der Waals surface area contributed by atoms with Crippen LogP contribution in [0.4, 0.5) is 10.5 Å². The second-order valence-electron chi connectivity index (χ2n) is 8.58. The molecule has 1 saturated heterocycles. The van der Waals surface area contributed by atoms with Crippen LogP contribution in [-0.4, -0.2) is 41.1 Å². The van der Waals surface area contributed by atoms with E-state index < -0.39 is 23.7 Å². The van der Waals surface area contributed by atoms with Crippen molar-refractivity contribution < 1.29 is 23.9 Å². The molecule has 7 nitrogen and oxygen atoms in total. The van der Waals surface area contributed by atoms with E-state index in [2.05, 4.69) is 5.32 Å². The van der Waals surface area contributed by atoms with Crippen LogP contribution < -0.4 is 5.32 Å². The Morgan fingerprint density at radius 2 is 1.84 bits per heavy atom. The maximum atomic E-state index is 12.9. The quantitative estimate of drug-likeness (QED) is 0.635. The number of rotatable bonds is 5. The summed E-state index contributed by atoms with van der Waals surface area (Å²) in [6.45, 7) is 5.90. The first-order valence-corrected chi connectivity index (χ1v) is 10.8. The molecule has 0 bridgehead atoms. The minimum Gasteiger partial charge on any atom is -0.457 e. The first-order valence-electron chi connectivity index (χ1n) is 10.4. The van der Waals surface area contributed by atoms with Gasteiger partial charge in [0.15, 0.2) is 0 Å². The van der Waals surface area contributed by atoms with Crippen molar-refractivity contribution in [3.63, 3.8) is 0 Å². The SMILES string of the molecule is CC(C)(C)OC(=O)N1CCC[C@H]1C(=O)Nc1cc(C(=O)OCc2ccccc2)ccc1Cl. The lowest BCUT2D eigenvalue weighted by Gasteiger charge is -2.28. The predicted molar refractivity (Wildman–Crippen MR) is 122 cm³/mol. The number of halogens is 1. The van der Waals surface area contributed by atoms with Gasteiger partial charge in [0.2, 0.25) is 5.91 Å². The van der Waals surface area contributed by atoms with Gasteiger partial charge in [0.25, 0.3) is 0 Å². The molecule has 3 rings (SSSR count). The van der Waals surface area contributed by atoms with Crippen molar-refractivity contribution in [1.82, 2.24) is 4.90 Å². The average Bonchev–Trinajstić information content (AvgIpc) is 3.23. The fourth-order valence-corrected chi connectivity index (χ4v) is 3.51. The molecule has 0 aliphatic carbocycles. The Bertz CT molecular complexity index is 988. The topological polar surface area (TPSA) is 84.9 Å². The van der Waals surface area contributed by atoms with Crippen LogP contribution in [0.1, 0.15) is 49.5 Å². The number of hydrogen-bond acceptors (Lipinski definition) is 5. The number of nitrogens with zero attached hydrogens (tertiary/aromatic N) is 1. The Hall–Kier alpha value is -3.06. The molecule has 2 aromatic rings. The highest BCUT2D eigenvalue weighted by Gasteiger charge is 2.36. The number of ether oxygens (including phenoxy) is 2. The molecule has 1 atom stereocenters. The van der Waals surface area contributed by atoms with Crippen LogP contribution in [-0.2, 0) is 20.9 Å². The number of esters is 1. The van der Waals surface area contributed by atoms with Crippen molar-refractivity contribution in [3.05, 3.63) is 64.7 Å². The third-order valence-electron chi connectivity index (χ3n) is 4.86. The van der Waals surface area contributed by atoms with E-state index in [0.29, 0.717) is 19.4 Å². The highest BCUT2D eigenvalue weighted by molar-refractivity contribution is 6.34. The summed E-state index contributed by atoms with van der Waals surface area (Å²) in [5, 5.41) is 3.02. The van der Waals surface area contributed by atoms with Gasteiger partial charge in [-0.3, -0.25) is 9.69 Å². The van der Waals surface area contributed by atoms with Gasteiger partial charge in [-0.1, -0.05) is 41.9 Å². The van der Waals surface area contributed by atoms with Crippen molar-refractivity contribution in [2.45, 2.75) is 51.9 Å². The number of amides is 2. The van der Waals surface area contributed by atoms with E-state index in [0.717, 1.165) is 5.56 Å². The van der Waals surface area contributed by atoms with E-state index in [1.54, 1.807) is 20.8 Å². The van der Waals surface area contributed by atoms with Crippen molar-refractivity contribution >= 4 is 35.3 Å². The minimum absolute atomic E-state index is 0.136. The average molecular weight is 459 g/mol. The van der Waals surface area contributed by atoms with Crippen LogP contribution in [0.2, 0.25) is 5.02 Å². The molecule has 1 heterocycles. The van der Waals surface area contributed by atoms with Crippen LogP contribution in [0.5, 0.6) is 0 Å². The van der Waals surface area contributed by atoms with Crippen LogP contribution >= 0.6 is 11.6 Å². The largest absolute Gasteiger partial charge is 0.457 e. The summed E-state index contributed by atoms with van der Waals surface area (Å²) >= 11 is 6.24. The van der Waals surface area contributed by atoms with E-state index >= 15 is 0 Å². The molecular formula is C24H27ClN2O5. The summed E-state index contributed by atoms with van der Waals surface area (Å²) in [5.74, 6) is -0.915. The van der Waals surface area contributed by atoms with Crippen LogP contribution in [0.3, 0.4) is 0 Å². The Labute approximate surface area is 192 Å². The molecule has 1 fully saturated rings. The number of hydrogen-bond donors (Lipinski definition) is 1. The van der Waals surface area contributed by atoms with Crippen molar-refractivity contribution in [2.75, 3.05) is 11.9 Å². The number of benzene rings is 2.